The topological polar surface area (TPSA) is 300 Å². The summed E-state index contributed by atoms with van der Waals surface area (Å²) in [5.41, 5.74) is 0. The first-order valence-electron chi connectivity index (χ1n) is 33.4. The van der Waals surface area contributed by atoms with E-state index in [4.69, 9.17) is 0 Å². The molecule has 26 heteroatoms. The molecule has 1 aliphatic heterocycles. The highest BCUT2D eigenvalue weighted by molar-refractivity contribution is 6.00. The predicted molar refractivity (Wildman–Crippen MR) is 358 cm³/mol. The molecule has 1 aromatic heterocycles. The van der Waals surface area contributed by atoms with Crippen molar-refractivity contribution in [3.8, 4) is 0 Å². The van der Waals surface area contributed by atoms with Gasteiger partial charge in [0.2, 0.25) is 65.0 Å². The molecule has 5 N–H and O–H groups in total. The Labute approximate surface area is 555 Å². The monoisotopic (exact) mass is 1310 g/mol. The fourth-order valence-electron chi connectivity index (χ4n) is 11.9. The minimum atomic E-state index is -1.69. The number of aromatic nitrogens is 2. The van der Waals surface area contributed by atoms with Crippen molar-refractivity contribution in [1.29, 1.82) is 0 Å². The van der Waals surface area contributed by atoms with Crippen LogP contribution in [0.15, 0.2) is 12.4 Å². The van der Waals surface area contributed by atoms with Crippen molar-refractivity contribution in [2.45, 2.75) is 235 Å². The third-order valence-corrected chi connectivity index (χ3v) is 17.9. The lowest BCUT2D eigenvalue weighted by Crippen LogP contribution is -2.64. The SMILES string of the molecule is CC[C@@H]1NC(=O)[C@@H]([C@H](O)[C@H](C)Cc2nccn2CCN(C)C)N(C)C(=O)[C@H](C(C)C)N(C)C(=O)[C@H](CC(C)C)N(C)C(=O)[C@H](CC(C)C)N(C)C(=O)[C@@H](C)NC(=O)[C@H](C)NC(=O)[C@H](CC(C)C)N(C)C(=O)[C@H](C(C)C)NC(=O)[C@H](CC(C)C)N(C)C(=O)[C@@H](C)N(C)C1=O. The Bertz CT molecular complexity index is 2700. The van der Waals surface area contributed by atoms with Gasteiger partial charge in [-0.25, -0.2) is 4.98 Å². The second-order valence-corrected chi connectivity index (χ2v) is 28.7. The molecule has 93 heavy (non-hydrogen) atoms. The van der Waals surface area contributed by atoms with Crippen LogP contribution < -0.4 is 21.3 Å². The Morgan fingerprint density at radius 1 is 0.473 bits per heavy atom. The molecule has 530 valence electrons. The van der Waals surface area contributed by atoms with Gasteiger partial charge in [0.25, 0.3) is 0 Å². The van der Waals surface area contributed by atoms with Gasteiger partial charge in [0.15, 0.2) is 0 Å². The maximum absolute atomic E-state index is 15.5. The van der Waals surface area contributed by atoms with Crippen LogP contribution in [0.4, 0.5) is 0 Å². The molecular weight excluding hydrogens is 1190 g/mol. The first kappa shape index (κ1) is 82.4. The number of hydrogen-bond acceptors (Lipinski definition) is 14. The van der Waals surface area contributed by atoms with E-state index >= 15 is 19.2 Å². The van der Waals surface area contributed by atoms with Crippen molar-refractivity contribution in [2.75, 3.05) is 70.0 Å². The van der Waals surface area contributed by atoms with Crippen LogP contribution in [0.3, 0.4) is 0 Å². The molecule has 2 rings (SSSR count). The summed E-state index contributed by atoms with van der Waals surface area (Å²) in [7, 11) is 13.8. The van der Waals surface area contributed by atoms with E-state index in [2.05, 4.69) is 26.3 Å². The zero-order valence-corrected chi connectivity index (χ0v) is 61.2. The Morgan fingerprint density at radius 2 is 0.903 bits per heavy atom. The summed E-state index contributed by atoms with van der Waals surface area (Å²) < 4.78 is 1.94. The minimum absolute atomic E-state index is 0.00743. The Kier molecular flexibility index (Phi) is 32.6. The van der Waals surface area contributed by atoms with E-state index in [-0.39, 0.29) is 62.2 Å². The Hall–Kier alpha value is -6.70. The summed E-state index contributed by atoms with van der Waals surface area (Å²) in [6.45, 7) is 30.8. The zero-order chi connectivity index (χ0) is 71.7. The van der Waals surface area contributed by atoms with E-state index in [0.29, 0.717) is 18.9 Å². The summed E-state index contributed by atoms with van der Waals surface area (Å²) in [6, 6.07) is -13.9. The number of imidazole rings is 1. The van der Waals surface area contributed by atoms with E-state index in [1.54, 1.807) is 47.7 Å². The minimum Gasteiger partial charge on any atom is -0.390 e. The molecule has 0 aromatic carbocycles. The quantitative estimate of drug-likeness (QED) is 0.141. The third-order valence-electron chi connectivity index (χ3n) is 17.9. The fourth-order valence-corrected chi connectivity index (χ4v) is 11.9. The number of nitrogens with one attached hydrogen (secondary N) is 4. The van der Waals surface area contributed by atoms with E-state index < -0.39 is 155 Å². The van der Waals surface area contributed by atoms with Gasteiger partial charge in [0, 0.05) is 81.2 Å². The van der Waals surface area contributed by atoms with Crippen LogP contribution in [0.1, 0.15) is 156 Å². The number of carbonyl (C=O) groups is 11. The number of aliphatic hydroxyl groups is 1. The Balaban J connectivity index is 3.05. The third kappa shape index (κ3) is 22.5. The number of aliphatic hydroxyl groups excluding tert-OH is 1. The molecule has 2 heterocycles. The molecule has 0 saturated carbocycles. The fraction of sp³-hybridized carbons (Fsp3) is 0.791. The standard InChI is InChI=1S/C67H120N14O12/c1-27-47-63(89)74(20)46(17)62(88)75(21)49(33-38(4)5)59(85)72-53(41(10)11)66(92)76(22)48(32-37(2)3)58(84)69-44(15)57(83)70-45(16)61(87)77(23)50(34-39(6)7)64(90)78(24)51(35-40(8)9)65(91)79(25)54(42(12)13)67(93)80(26)55(60(86)71-47)56(82)43(14)36-52-68-28-29-81(52)31-30-73(18)19/h28-29,37-51,53-56,82H,27,30-36H2,1-26H3,(H,69,84)(H,70,83)(H,71,86)(H,72,85)/t43-,44+,45-,46-,47+,48+,49+,50+,51+,53+,54+,55-,56-/m1/s1. The van der Waals surface area contributed by atoms with Crippen molar-refractivity contribution >= 4 is 65.0 Å². The molecule has 11 amide bonds. The smallest absolute Gasteiger partial charge is 0.246 e. The van der Waals surface area contributed by atoms with Crippen LogP contribution >= 0.6 is 0 Å². The molecule has 0 spiro atoms. The van der Waals surface area contributed by atoms with Gasteiger partial charge in [-0.3, -0.25) is 52.7 Å². The van der Waals surface area contributed by atoms with Crippen LogP contribution in [-0.2, 0) is 65.7 Å². The number of likely N-dealkylation sites (N-methyl/N-ethyl adjacent to an activating group) is 8. The molecule has 1 saturated heterocycles. The largest absolute Gasteiger partial charge is 0.390 e. The highest BCUT2D eigenvalue weighted by atomic mass is 16.3. The van der Waals surface area contributed by atoms with Crippen molar-refractivity contribution < 1.29 is 57.8 Å². The van der Waals surface area contributed by atoms with Gasteiger partial charge in [-0.1, -0.05) is 96.9 Å². The number of nitrogens with zero attached hydrogens (tertiary/aromatic N) is 10. The Morgan fingerprint density at radius 3 is 1.37 bits per heavy atom. The molecule has 0 bridgehead atoms. The highest BCUT2D eigenvalue weighted by Crippen LogP contribution is 2.26. The van der Waals surface area contributed by atoms with Crippen molar-refractivity contribution in [3.63, 3.8) is 0 Å². The molecule has 26 nitrogen and oxygen atoms in total. The first-order valence-corrected chi connectivity index (χ1v) is 33.4. The van der Waals surface area contributed by atoms with Crippen molar-refractivity contribution in [3.05, 3.63) is 18.2 Å². The molecule has 1 fully saturated rings. The van der Waals surface area contributed by atoms with Gasteiger partial charge in [-0.05, 0) is 108 Å². The molecule has 0 aliphatic carbocycles. The molecule has 13 atom stereocenters. The van der Waals surface area contributed by atoms with Gasteiger partial charge < -0.3 is 70.1 Å². The normalized spacial score (nSPS) is 26.4. The number of hydrogen-bond donors (Lipinski definition) is 5. The van der Waals surface area contributed by atoms with Crippen LogP contribution in [-0.4, -0.2) is 261 Å². The van der Waals surface area contributed by atoms with E-state index in [1.807, 2.05) is 85.1 Å². The van der Waals surface area contributed by atoms with Crippen molar-refractivity contribution in [2.24, 2.45) is 41.4 Å². The second-order valence-electron chi connectivity index (χ2n) is 28.7. The average molecular weight is 1310 g/mol. The number of rotatable bonds is 18. The average Bonchev–Trinajstić information content (AvgIpc) is 0.997. The van der Waals surface area contributed by atoms with E-state index in [0.717, 1.165) is 9.80 Å². The first-order chi connectivity index (χ1) is 43.0. The van der Waals surface area contributed by atoms with E-state index in [1.165, 1.54) is 94.6 Å². The van der Waals surface area contributed by atoms with Crippen LogP contribution in [0, 0.1) is 41.4 Å². The predicted octanol–water partition coefficient (Wildman–Crippen LogP) is 2.69. The summed E-state index contributed by atoms with van der Waals surface area (Å²) in [5, 5.41) is 23.7. The van der Waals surface area contributed by atoms with Gasteiger partial charge in [-0.2, -0.15) is 0 Å². The summed E-state index contributed by atoms with van der Waals surface area (Å²) in [5.74, 6) is -9.48. The number of amides is 11. The summed E-state index contributed by atoms with van der Waals surface area (Å²) >= 11 is 0. The lowest BCUT2D eigenvalue weighted by atomic mass is 9.91. The summed E-state index contributed by atoms with van der Waals surface area (Å²) in [4.78, 5) is 178. The highest BCUT2D eigenvalue weighted by Gasteiger charge is 2.46. The number of carbonyl (C=O) groups excluding carboxylic acids is 11. The molecule has 1 aromatic rings. The van der Waals surface area contributed by atoms with Crippen LogP contribution in [0.2, 0.25) is 0 Å². The van der Waals surface area contributed by atoms with Crippen LogP contribution in [0.25, 0.3) is 0 Å². The maximum atomic E-state index is 15.5. The molecule has 0 radical (unpaired) electrons. The summed E-state index contributed by atoms with van der Waals surface area (Å²) in [6.07, 6.45) is 2.57. The lowest BCUT2D eigenvalue weighted by molar-refractivity contribution is -0.157. The maximum Gasteiger partial charge on any atom is 0.246 e. The second kappa shape index (κ2) is 36.8. The van der Waals surface area contributed by atoms with Gasteiger partial charge >= 0.3 is 0 Å². The molecule has 1 aliphatic rings. The van der Waals surface area contributed by atoms with Gasteiger partial charge in [0.05, 0.1) is 6.10 Å². The molecular formula is C67H120N14O12. The van der Waals surface area contributed by atoms with E-state index in [9.17, 15) is 38.7 Å². The zero-order valence-electron chi connectivity index (χ0n) is 61.2. The van der Waals surface area contributed by atoms with Gasteiger partial charge in [-0.15, -0.1) is 0 Å². The lowest BCUT2D eigenvalue weighted by Gasteiger charge is -2.41. The molecule has 0 unspecified atom stereocenters. The van der Waals surface area contributed by atoms with Crippen LogP contribution in [0.5, 0.6) is 0 Å². The van der Waals surface area contributed by atoms with Gasteiger partial charge in [0.1, 0.15) is 72.3 Å². The van der Waals surface area contributed by atoms with Crippen molar-refractivity contribution in [1.82, 2.24) is 70.0 Å².